The summed E-state index contributed by atoms with van der Waals surface area (Å²) in [6.45, 7) is 2.13. The number of amides is 3. The van der Waals surface area contributed by atoms with Crippen molar-refractivity contribution < 1.29 is 24.3 Å². The maximum Gasteiger partial charge on any atom is 0.248 e. The Morgan fingerprint density at radius 1 is 1.00 bits per heavy atom. The lowest BCUT2D eigenvalue weighted by Crippen LogP contribution is -2.52. The minimum atomic E-state index is -1.31. The van der Waals surface area contributed by atoms with E-state index in [2.05, 4.69) is 17.6 Å². The van der Waals surface area contributed by atoms with Gasteiger partial charge in [-0.3, -0.25) is 19.3 Å². The number of hydrogen-bond acceptors (Lipinski definition) is 5. The molecule has 0 saturated heterocycles. The number of carbonyl (C=O) groups is 4. The summed E-state index contributed by atoms with van der Waals surface area (Å²) in [6, 6.07) is 11.6. The summed E-state index contributed by atoms with van der Waals surface area (Å²) >= 11 is 0. The van der Waals surface area contributed by atoms with Gasteiger partial charge < -0.3 is 20.5 Å². The summed E-state index contributed by atoms with van der Waals surface area (Å²) < 4.78 is 0. The zero-order valence-electron chi connectivity index (χ0n) is 18.6. The molecule has 8 nitrogen and oxygen atoms in total. The highest BCUT2D eigenvalue weighted by Gasteiger charge is 2.37. The Morgan fingerprint density at radius 2 is 1.70 bits per heavy atom. The Balaban J connectivity index is 1.73. The number of carboxylic acids is 1. The van der Waals surface area contributed by atoms with E-state index in [1.54, 1.807) is 24.3 Å². The van der Waals surface area contributed by atoms with Gasteiger partial charge in [-0.05, 0) is 36.2 Å². The molecule has 0 fully saturated rings. The number of anilines is 3. The Labute approximate surface area is 193 Å². The number of carbonyl (C=O) groups excluding carboxylic acids is 4. The normalized spacial score (nSPS) is 14.9. The quantitative estimate of drug-likeness (QED) is 0.539. The average molecular weight is 451 g/mol. The van der Waals surface area contributed by atoms with Gasteiger partial charge >= 0.3 is 0 Å². The second kappa shape index (κ2) is 11.3. The van der Waals surface area contributed by atoms with E-state index in [4.69, 9.17) is 0 Å². The van der Waals surface area contributed by atoms with Gasteiger partial charge in [0.1, 0.15) is 6.04 Å². The fourth-order valence-corrected chi connectivity index (χ4v) is 3.86. The Bertz CT molecular complexity index is 1020. The molecular formula is C25H28N3O5-. The first-order chi connectivity index (χ1) is 15.9. The molecule has 2 N–H and O–H groups in total. The second-order valence-electron chi connectivity index (χ2n) is 8.07. The molecular weight excluding hydrogens is 422 g/mol. The summed E-state index contributed by atoms with van der Waals surface area (Å²) in [7, 11) is 0. The molecule has 0 saturated carbocycles. The number of nitrogens with zero attached hydrogens (tertiary/aromatic N) is 1. The highest BCUT2D eigenvalue weighted by Crippen LogP contribution is 2.33. The van der Waals surface area contributed by atoms with E-state index in [1.807, 2.05) is 0 Å². The van der Waals surface area contributed by atoms with Crippen LogP contribution in [0.15, 0.2) is 48.5 Å². The Morgan fingerprint density at radius 3 is 2.39 bits per heavy atom. The van der Waals surface area contributed by atoms with Gasteiger partial charge in [-0.1, -0.05) is 56.9 Å². The lowest BCUT2D eigenvalue weighted by Gasteiger charge is -2.36. The zero-order chi connectivity index (χ0) is 23.8. The molecule has 174 valence electrons. The topological polar surface area (TPSA) is 119 Å². The van der Waals surface area contributed by atoms with Gasteiger partial charge in [-0.2, -0.15) is 0 Å². The molecule has 0 aliphatic carbocycles. The molecule has 0 spiro atoms. The highest BCUT2D eigenvalue weighted by molar-refractivity contribution is 6.13. The predicted molar refractivity (Wildman–Crippen MR) is 124 cm³/mol. The molecule has 0 unspecified atom stereocenters. The van der Waals surface area contributed by atoms with Gasteiger partial charge in [-0.25, -0.2) is 0 Å². The van der Waals surface area contributed by atoms with E-state index in [-0.39, 0.29) is 17.9 Å². The number of benzene rings is 2. The lowest BCUT2D eigenvalue weighted by molar-refractivity contribution is -0.255. The van der Waals surface area contributed by atoms with Crippen molar-refractivity contribution in [2.24, 2.45) is 0 Å². The summed E-state index contributed by atoms with van der Waals surface area (Å²) in [5, 5.41) is 16.3. The van der Waals surface area contributed by atoms with Crippen LogP contribution < -0.4 is 20.6 Å². The van der Waals surface area contributed by atoms with Gasteiger partial charge in [0.15, 0.2) is 0 Å². The van der Waals surface area contributed by atoms with E-state index in [9.17, 15) is 24.3 Å². The van der Waals surface area contributed by atoms with E-state index < -0.39 is 23.8 Å². The van der Waals surface area contributed by atoms with Crippen molar-refractivity contribution in [2.75, 3.05) is 15.5 Å². The summed E-state index contributed by atoms with van der Waals surface area (Å²) in [4.78, 5) is 51.0. The van der Waals surface area contributed by atoms with Crippen molar-refractivity contribution in [1.29, 1.82) is 0 Å². The van der Waals surface area contributed by atoms with Gasteiger partial charge in [0.2, 0.25) is 17.7 Å². The first-order valence-electron chi connectivity index (χ1n) is 11.2. The van der Waals surface area contributed by atoms with Crippen molar-refractivity contribution >= 4 is 40.8 Å². The largest absolute Gasteiger partial charge is 0.545 e. The van der Waals surface area contributed by atoms with Crippen LogP contribution in [-0.2, 0) is 14.4 Å². The number of para-hydroxylation sites is 2. The van der Waals surface area contributed by atoms with Crippen LogP contribution in [0.1, 0.15) is 62.2 Å². The standard InChI is InChI=1S/C25H29N3O5/c1-2-3-4-5-6-11-23(30)28-20-10-8-7-9-19(20)27-24(31)21(28)16-22(29)26-18-14-12-17(13-15-18)25(32)33/h7-10,12-15,21H,2-6,11,16H2,1H3,(H,26,29)(H,27,31)(H,32,33)/p-1/t21-/m0/s1. The maximum absolute atomic E-state index is 13.1. The van der Waals surface area contributed by atoms with Crippen molar-refractivity contribution in [3.63, 3.8) is 0 Å². The highest BCUT2D eigenvalue weighted by atomic mass is 16.4. The monoisotopic (exact) mass is 450 g/mol. The molecule has 2 aromatic rings. The molecule has 2 aromatic carbocycles. The maximum atomic E-state index is 13.1. The molecule has 0 radical (unpaired) electrons. The first kappa shape index (κ1) is 24.0. The van der Waals surface area contributed by atoms with Gasteiger partial charge in [0.25, 0.3) is 0 Å². The summed E-state index contributed by atoms with van der Waals surface area (Å²) in [6.07, 6.45) is 5.02. The molecule has 0 aromatic heterocycles. The van der Waals surface area contributed by atoms with Crippen molar-refractivity contribution in [3.8, 4) is 0 Å². The van der Waals surface area contributed by atoms with Crippen LogP contribution >= 0.6 is 0 Å². The second-order valence-corrected chi connectivity index (χ2v) is 8.07. The number of carboxylic acid groups (broad SMARTS) is 1. The van der Waals surface area contributed by atoms with E-state index in [0.717, 1.165) is 32.1 Å². The molecule has 1 atom stereocenters. The minimum absolute atomic E-state index is 0.00743. The van der Waals surface area contributed by atoms with Crippen molar-refractivity contribution in [3.05, 3.63) is 54.1 Å². The van der Waals surface area contributed by atoms with Crippen LogP contribution in [0.2, 0.25) is 0 Å². The van der Waals surface area contributed by atoms with Gasteiger partial charge in [0, 0.05) is 12.1 Å². The smallest absolute Gasteiger partial charge is 0.248 e. The summed E-state index contributed by atoms with van der Waals surface area (Å²) in [5.74, 6) is -2.38. The summed E-state index contributed by atoms with van der Waals surface area (Å²) in [5.41, 5.74) is 1.49. The minimum Gasteiger partial charge on any atom is -0.545 e. The SMILES string of the molecule is CCCCCCCC(=O)N1c2ccccc2NC(=O)[C@@H]1CC(=O)Nc1ccc(C(=O)[O-])cc1. The number of fused-ring (bicyclic) bond motifs is 1. The molecule has 1 aliphatic heterocycles. The molecule has 3 rings (SSSR count). The number of nitrogens with one attached hydrogen (secondary N) is 2. The van der Waals surface area contributed by atoms with Crippen LogP contribution in [0.25, 0.3) is 0 Å². The zero-order valence-corrected chi connectivity index (χ0v) is 18.6. The first-order valence-corrected chi connectivity index (χ1v) is 11.2. The van der Waals surface area contributed by atoms with Crippen LogP contribution in [0.5, 0.6) is 0 Å². The van der Waals surface area contributed by atoms with Gasteiger partial charge in [-0.15, -0.1) is 0 Å². The fraction of sp³-hybridized carbons (Fsp3) is 0.360. The number of rotatable bonds is 10. The number of unbranched alkanes of at least 4 members (excludes halogenated alkanes) is 4. The van der Waals surface area contributed by atoms with Crippen molar-refractivity contribution in [2.45, 2.75) is 57.9 Å². The van der Waals surface area contributed by atoms with E-state index in [0.29, 0.717) is 23.5 Å². The van der Waals surface area contributed by atoms with Crippen LogP contribution in [0, 0.1) is 0 Å². The third-order valence-electron chi connectivity index (χ3n) is 5.58. The molecule has 1 heterocycles. The average Bonchev–Trinajstić information content (AvgIpc) is 2.79. The van der Waals surface area contributed by atoms with E-state index >= 15 is 0 Å². The molecule has 3 amide bonds. The van der Waals surface area contributed by atoms with Gasteiger partial charge in [0.05, 0.1) is 23.8 Å². The van der Waals surface area contributed by atoms with Crippen molar-refractivity contribution in [1.82, 2.24) is 0 Å². The predicted octanol–water partition coefficient (Wildman–Crippen LogP) is 3.09. The Kier molecular flexibility index (Phi) is 8.18. The molecule has 8 heteroatoms. The molecule has 33 heavy (non-hydrogen) atoms. The Hall–Kier alpha value is -3.68. The van der Waals surface area contributed by atoms with Crippen LogP contribution in [0.3, 0.4) is 0 Å². The molecule has 0 bridgehead atoms. The lowest BCUT2D eigenvalue weighted by atomic mass is 10.0. The third kappa shape index (κ3) is 6.19. The molecule has 1 aliphatic rings. The fourth-order valence-electron chi connectivity index (χ4n) is 3.86. The van der Waals surface area contributed by atoms with Crippen LogP contribution in [0.4, 0.5) is 17.1 Å². The van der Waals surface area contributed by atoms with Crippen LogP contribution in [-0.4, -0.2) is 29.7 Å². The number of aromatic carboxylic acids is 1. The van der Waals surface area contributed by atoms with E-state index in [1.165, 1.54) is 29.2 Å². The third-order valence-corrected chi connectivity index (χ3v) is 5.58. The number of hydrogen-bond donors (Lipinski definition) is 2.